The SMILES string of the molecule is CNc1ccc(C(=O)NNC(=O)c2cc3c(s2)CC[C@H](C)C3)cc1[N+](=O)[O-]. The van der Waals surface area contributed by atoms with Crippen LogP contribution in [0.25, 0.3) is 0 Å². The Labute approximate surface area is 160 Å². The number of hydrazine groups is 1. The number of anilines is 1. The van der Waals surface area contributed by atoms with E-state index in [1.165, 1.54) is 40.0 Å². The molecule has 1 heterocycles. The van der Waals surface area contributed by atoms with Gasteiger partial charge in [-0.25, -0.2) is 0 Å². The lowest BCUT2D eigenvalue weighted by Crippen LogP contribution is -2.41. The third kappa shape index (κ3) is 4.08. The van der Waals surface area contributed by atoms with Crippen molar-refractivity contribution in [3.05, 3.63) is 55.3 Å². The summed E-state index contributed by atoms with van der Waals surface area (Å²) < 4.78 is 0. The Morgan fingerprint density at radius 2 is 1.96 bits per heavy atom. The van der Waals surface area contributed by atoms with Crippen molar-refractivity contribution in [2.45, 2.75) is 26.2 Å². The molecule has 3 N–H and O–H groups in total. The first-order chi connectivity index (χ1) is 12.9. The van der Waals surface area contributed by atoms with Gasteiger partial charge in [0.1, 0.15) is 5.69 Å². The van der Waals surface area contributed by atoms with Crippen LogP contribution in [0.1, 0.15) is 43.8 Å². The van der Waals surface area contributed by atoms with Crippen LogP contribution in [0, 0.1) is 16.0 Å². The van der Waals surface area contributed by atoms with E-state index >= 15 is 0 Å². The fourth-order valence-corrected chi connectivity index (χ4v) is 4.20. The number of fused-ring (bicyclic) bond motifs is 1. The molecule has 0 unspecified atom stereocenters. The molecule has 0 radical (unpaired) electrons. The average molecular weight is 388 g/mol. The van der Waals surface area contributed by atoms with Crippen molar-refractivity contribution >= 4 is 34.5 Å². The number of nitro groups is 1. The van der Waals surface area contributed by atoms with Crippen LogP contribution in [0.3, 0.4) is 0 Å². The Morgan fingerprint density at radius 3 is 2.67 bits per heavy atom. The standard InChI is InChI=1S/C18H20N4O4S/c1-10-3-6-15-12(7-10)9-16(27-15)18(24)21-20-17(23)11-4-5-13(19-2)14(8-11)22(25)26/h4-5,8-10,19H,3,6-7H2,1-2H3,(H,20,23)(H,21,24)/t10-/m0/s1. The fourth-order valence-electron chi connectivity index (χ4n) is 3.10. The van der Waals surface area contributed by atoms with Crippen LogP contribution in [-0.2, 0) is 12.8 Å². The van der Waals surface area contributed by atoms with Gasteiger partial charge in [-0.2, -0.15) is 0 Å². The molecule has 8 nitrogen and oxygen atoms in total. The predicted molar refractivity (Wildman–Crippen MR) is 103 cm³/mol. The Kier molecular flexibility index (Phi) is 5.41. The summed E-state index contributed by atoms with van der Waals surface area (Å²) in [6.07, 6.45) is 3.06. The quantitative estimate of drug-likeness (QED) is 0.550. The van der Waals surface area contributed by atoms with Crippen LogP contribution in [0.4, 0.5) is 11.4 Å². The van der Waals surface area contributed by atoms with Gasteiger partial charge in [-0.05, 0) is 48.9 Å². The van der Waals surface area contributed by atoms with E-state index in [4.69, 9.17) is 0 Å². The van der Waals surface area contributed by atoms with Crippen molar-refractivity contribution in [2.24, 2.45) is 5.92 Å². The van der Waals surface area contributed by atoms with Crippen LogP contribution < -0.4 is 16.2 Å². The maximum absolute atomic E-state index is 12.3. The Bertz CT molecular complexity index is 909. The molecule has 1 aliphatic carbocycles. The number of rotatable bonds is 4. The van der Waals surface area contributed by atoms with Crippen LogP contribution in [0.5, 0.6) is 0 Å². The van der Waals surface area contributed by atoms with Gasteiger partial charge in [0.05, 0.1) is 9.80 Å². The monoisotopic (exact) mass is 388 g/mol. The summed E-state index contributed by atoms with van der Waals surface area (Å²) in [5.41, 5.74) is 6.08. The van der Waals surface area contributed by atoms with Gasteiger partial charge >= 0.3 is 0 Å². The summed E-state index contributed by atoms with van der Waals surface area (Å²) in [7, 11) is 1.56. The molecule has 0 aliphatic heterocycles. The van der Waals surface area contributed by atoms with Gasteiger partial charge in [-0.1, -0.05) is 6.92 Å². The van der Waals surface area contributed by atoms with Gasteiger partial charge in [0, 0.05) is 23.6 Å². The molecular formula is C18H20N4O4S. The molecule has 1 aromatic heterocycles. The highest BCUT2D eigenvalue weighted by Gasteiger charge is 2.21. The fraction of sp³-hybridized carbons (Fsp3) is 0.333. The molecule has 1 aromatic carbocycles. The van der Waals surface area contributed by atoms with Gasteiger partial charge < -0.3 is 5.32 Å². The van der Waals surface area contributed by atoms with Crippen LogP contribution in [-0.4, -0.2) is 23.8 Å². The number of hydrogen-bond donors (Lipinski definition) is 3. The summed E-state index contributed by atoms with van der Waals surface area (Å²) in [5.74, 6) is -0.403. The molecule has 2 amide bonds. The largest absolute Gasteiger partial charge is 0.383 e. The molecule has 0 saturated heterocycles. The highest BCUT2D eigenvalue weighted by Crippen LogP contribution is 2.32. The van der Waals surface area contributed by atoms with E-state index in [2.05, 4.69) is 23.1 Å². The van der Waals surface area contributed by atoms with Gasteiger partial charge in [0.25, 0.3) is 17.5 Å². The van der Waals surface area contributed by atoms with Crippen LogP contribution in [0.15, 0.2) is 24.3 Å². The molecule has 142 valence electrons. The molecule has 1 atom stereocenters. The first kappa shape index (κ1) is 18.8. The first-order valence-corrected chi connectivity index (χ1v) is 9.39. The number of carbonyl (C=O) groups is 2. The Morgan fingerprint density at radius 1 is 1.22 bits per heavy atom. The van der Waals surface area contributed by atoms with Crippen molar-refractivity contribution in [1.82, 2.24) is 10.9 Å². The number of nitrogens with zero attached hydrogens (tertiary/aromatic N) is 1. The Balaban J connectivity index is 1.66. The van der Waals surface area contributed by atoms with Crippen molar-refractivity contribution in [3.63, 3.8) is 0 Å². The van der Waals surface area contributed by atoms with Gasteiger partial charge in [0.15, 0.2) is 0 Å². The molecule has 2 aromatic rings. The number of hydrogen-bond acceptors (Lipinski definition) is 6. The zero-order valence-electron chi connectivity index (χ0n) is 15.0. The number of benzene rings is 1. The molecule has 0 saturated carbocycles. The van der Waals surface area contributed by atoms with E-state index in [0.29, 0.717) is 16.5 Å². The molecule has 0 fully saturated rings. The third-order valence-corrected chi connectivity index (χ3v) is 5.80. The summed E-state index contributed by atoms with van der Waals surface area (Å²) in [6.45, 7) is 2.19. The molecule has 0 spiro atoms. The summed E-state index contributed by atoms with van der Waals surface area (Å²) >= 11 is 1.44. The second-order valence-electron chi connectivity index (χ2n) is 6.55. The van der Waals surface area contributed by atoms with E-state index in [0.717, 1.165) is 19.3 Å². The lowest BCUT2D eigenvalue weighted by Gasteiger charge is -2.16. The highest BCUT2D eigenvalue weighted by atomic mass is 32.1. The van der Waals surface area contributed by atoms with Crippen molar-refractivity contribution in [1.29, 1.82) is 0 Å². The zero-order chi connectivity index (χ0) is 19.6. The Hall–Kier alpha value is -2.94. The summed E-state index contributed by atoms with van der Waals surface area (Å²) in [5, 5.41) is 13.8. The van der Waals surface area contributed by atoms with Crippen LogP contribution in [0.2, 0.25) is 0 Å². The van der Waals surface area contributed by atoms with Gasteiger partial charge in [-0.15, -0.1) is 11.3 Å². The normalized spacial score (nSPS) is 15.6. The van der Waals surface area contributed by atoms with E-state index in [-0.39, 0.29) is 11.3 Å². The van der Waals surface area contributed by atoms with E-state index in [1.807, 2.05) is 6.07 Å². The number of aryl methyl sites for hydroxylation is 1. The topological polar surface area (TPSA) is 113 Å². The third-order valence-electron chi connectivity index (χ3n) is 4.57. The second-order valence-corrected chi connectivity index (χ2v) is 7.69. The van der Waals surface area contributed by atoms with E-state index in [9.17, 15) is 19.7 Å². The zero-order valence-corrected chi connectivity index (χ0v) is 15.8. The van der Waals surface area contributed by atoms with Gasteiger partial charge in [0.2, 0.25) is 0 Å². The molecule has 27 heavy (non-hydrogen) atoms. The maximum Gasteiger partial charge on any atom is 0.293 e. The number of amides is 2. The minimum absolute atomic E-state index is 0.0836. The maximum atomic E-state index is 12.3. The van der Waals surface area contributed by atoms with E-state index in [1.54, 1.807) is 7.05 Å². The smallest absolute Gasteiger partial charge is 0.293 e. The van der Waals surface area contributed by atoms with E-state index < -0.39 is 16.7 Å². The predicted octanol–water partition coefficient (Wildman–Crippen LogP) is 2.90. The first-order valence-electron chi connectivity index (χ1n) is 8.57. The lowest BCUT2D eigenvalue weighted by molar-refractivity contribution is -0.384. The van der Waals surface area contributed by atoms with Crippen molar-refractivity contribution in [2.75, 3.05) is 12.4 Å². The highest BCUT2D eigenvalue weighted by molar-refractivity contribution is 7.14. The number of thiophene rings is 1. The van der Waals surface area contributed by atoms with Gasteiger partial charge in [-0.3, -0.25) is 30.6 Å². The molecule has 9 heteroatoms. The molecule has 3 rings (SSSR count). The minimum atomic E-state index is -0.621. The molecule has 1 aliphatic rings. The second kappa shape index (κ2) is 7.75. The summed E-state index contributed by atoms with van der Waals surface area (Å²) in [6, 6.07) is 5.94. The van der Waals surface area contributed by atoms with Crippen molar-refractivity contribution in [3.8, 4) is 0 Å². The molecule has 0 bridgehead atoms. The van der Waals surface area contributed by atoms with Crippen molar-refractivity contribution < 1.29 is 14.5 Å². The lowest BCUT2D eigenvalue weighted by atomic mass is 9.90. The average Bonchev–Trinajstić information content (AvgIpc) is 3.08. The number of carbonyl (C=O) groups excluding carboxylic acids is 2. The number of nitrogens with one attached hydrogen (secondary N) is 3. The number of nitro benzene ring substituents is 1. The molecular weight excluding hydrogens is 368 g/mol. The van der Waals surface area contributed by atoms with Crippen LogP contribution >= 0.6 is 11.3 Å². The summed E-state index contributed by atoms with van der Waals surface area (Å²) in [4.78, 5) is 36.8. The minimum Gasteiger partial charge on any atom is -0.383 e.